The highest BCUT2D eigenvalue weighted by Gasteiger charge is 2.19. The molecule has 0 spiro atoms. The van der Waals surface area contributed by atoms with E-state index in [2.05, 4.69) is 15.3 Å². The van der Waals surface area contributed by atoms with Gasteiger partial charge in [-0.15, -0.1) is 0 Å². The highest BCUT2D eigenvalue weighted by atomic mass is 16.6. The standard InChI is InChI=1S/C16H20N6O3/c1-19-8-10-20(11-9-19)16(23)12-21-7-6-15(18-21)17-13-4-2-3-5-14(13)22(24)25/h2-7H,8-12H2,1H3,(H,17,18). The van der Waals surface area contributed by atoms with Crippen molar-refractivity contribution >= 4 is 23.1 Å². The molecular formula is C16H20N6O3. The smallest absolute Gasteiger partial charge is 0.292 e. The average Bonchev–Trinajstić information content (AvgIpc) is 3.02. The van der Waals surface area contributed by atoms with Crippen LogP contribution >= 0.6 is 0 Å². The number of likely N-dealkylation sites (N-methyl/N-ethyl adjacent to an activating group) is 1. The van der Waals surface area contributed by atoms with E-state index in [1.165, 1.54) is 10.7 Å². The Kier molecular flexibility index (Phi) is 4.94. The summed E-state index contributed by atoms with van der Waals surface area (Å²) in [6, 6.07) is 8.05. The minimum absolute atomic E-state index is 0.0217. The molecule has 1 amide bonds. The van der Waals surface area contributed by atoms with Crippen LogP contribution in [0.15, 0.2) is 36.5 Å². The molecule has 9 nitrogen and oxygen atoms in total. The van der Waals surface area contributed by atoms with Crippen molar-refractivity contribution in [2.45, 2.75) is 6.54 Å². The Morgan fingerprint density at radius 2 is 1.96 bits per heavy atom. The van der Waals surface area contributed by atoms with Crippen molar-refractivity contribution in [3.63, 3.8) is 0 Å². The van der Waals surface area contributed by atoms with Crippen molar-refractivity contribution in [3.05, 3.63) is 46.6 Å². The van der Waals surface area contributed by atoms with E-state index in [-0.39, 0.29) is 18.1 Å². The Hall–Kier alpha value is -2.94. The van der Waals surface area contributed by atoms with Crippen molar-refractivity contribution in [2.75, 3.05) is 38.5 Å². The van der Waals surface area contributed by atoms with Gasteiger partial charge in [-0.05, 0) is 13.1 Å². The summed E-state index contributed by atoms with van der Waals surface area (Å²) in [6.07, 6.45) is 1.69. The summed E-state index contributed by atoms with van der Waals surface area (Å²) in [6.45, 7) is 3.34. The number of anilines is 2. The van der Waals surface area contributed by atoms with Gasteiger partial charge in [0, 0.05) is 44.5 Å². The van der Waals surface area contributed by atoms with Crippen LogP contribution in [-0.4, -0.2) is 63.6 Å². The molecule has 25 heavy (non-hydrogen) atoms. The highest BCUT2D eigenvalue weighted by molar-refractivity contribution is 5.76. The molecule has 0 radical (unpaired) electrons. The molecule has 2 heterocycles. The Morgan fingerprint density at radius 3 is 2.68 bits per heavy atom. The lowest BCUT2D eigenvalue weighted by Gasteiger charge is -2.32. The first-order chi connectivity index (χ1) is 12.0. The topological polar surface area (TPSA) is 96.5 Å². The first-order valence-corrected chi connectivity index (χ1v) is 8.03. The summed E-state index contributed by atoms with van der Waals surface area (Å²) in [5, 5.41) is 18.3. The summed E-state index contributed by atoms with van der Waals surface area (Å²) in [5.74, 6) is 0.480. The second kappa shape index (κ2) is 7.31. The van der Waals surface area contributed by atoms with Crippen LogP contribution in [0.2, 0.25) is 0 Å². The maximum atomic E-state index is 12.3. The molecule has 9 heteroatoms. The summed E-state index contributed by atoms with van der Waals surface area (Å²) in [7, 11) is 2.04. The van der Waals surface area contributed by atoms with Crippen molar-refractivity contribution < 1.29 is 9.72 Å². The highest BCUT2D eigenvalue weighted by Crippen LogP contribution is 2.26. The second-order valence-corrected chi connectivity index (χ2v) is 5.98. The van der Waals surface area contributed by atoms with Crippen LogP contribution in [0.3, 0.4) is 0 Å². The van der Waals surface area contributed by atoms with E-state index in [0.717, 1.165) is 26.2 Å². The van der Waals surface area contributed by atoms with Gasteiger partial charge in [-0.1, -0.05) is 12.1 Å². The van der Waals surface area contributed by atoms with Gasteiger partial charge in [-0.3, -0.25) is 19.6 Å². The van der Waals surface area contributed by atoms with E-state index >= 15 is 0 Å². The lowest BCUT2D eigenvalue weighted by Crippen LogP contribution is -2.48. The van der Waals surface area contributed by atoms with Gasteiger partial charge in [-0.25, -0.2) is 0 Å². The molecule has 0 unspecified atom stereocenters. The Balaban J connectivity index is 1.63. The maximum absolute atomic E-state index is 12.3. The first kappa shape index (κ1) is 16.9. The van der Waals surface area contributed by atoms with Crippen LogP contribution in [0.1, 0.15) is 0 Å². The van der Waals surface area contributed by atoms with Crippen molar-refractivity contribution in [3.8, 4) is 0 Å². The SMILES string of the molecule is CN1CCN(C(=O)Cn2ccc(Nc3ccccc3[N+](=O)[O-])n2)CC1. The number of nitrogens with one attached hydrogen (secondary N) is 1. The fraction of sp³-hybridized carbons (Fsp3) is 0.375. The zero-order valence-electron chi connectivity index (χ0n) is 14.0. The van der Waals surface area contributed by atoms with Gasteiger partial charge >= 0.3 is 0 Å². The zero-order valence-corrected chi connectivity index (χ0v) is 14.0. The molecule has 3 rings (SSSR count). The molecule has 1 aromatic carbocycles. The molecular weight excluding hydrogens is 324 g/mol. The molecule has 1 saturated heterocycles. The lowest BCUT2D eigenvalue weighted by molar-refractivity contribution is -0.383. The van der Waals surface area contributed by atoms with Crippen LogP contribution in [0, 0.1) is 10.1 Å². The minimum atomic E-state index is -0.448. The van der Waals surface area contributed by atoms with E-state index in [1.807, 2.05) is 11.9 Å². The predicted octanol–water partition coefficient (Wildman–Crippen LogP) is 1.31. The number of para-hydroxylation sites is 2. The number of hydrogen-bond acceptors (Lipinski definition) is 6. The van der Waals surface area contributed by atoms with Gasteiger partial charge in [-0.2, -0.15) is 5.10 Å². The number of carbonyl (C=O) groups excluding carboxylic acids is 1. The third-order valence-corrected chi connectivity index (χ3v) is 4.16. The molecule has 132 valence electrons. The zero-order chi connectivity index (χ0) is 17.8. The maximum Gasteiger partial charge on any atom is 0.292 e. The van der Waals surface area contributed by atoms with Crippen LogP contribution in [0.5, 0.6) is 0 Å². The number of amides is 1. The van der Waals surface area contributed by atoms with Crippen LogP contribution < -0.4 is 5.32 Å². The van der Waals surface area contributed by atoms with Gasteiger partial charge in [0.15, 0.2) is 5.82 Å². The normalized spacial score (nSPS) is 15.2. The lowest BCUT2D eigenvalue weighted by atomic mass is 10.2. The Morgan fingerprint density at radius 1 is 1.24 bits per heavy atom. The molecule has 0 aliphatic carbocycles. The van der Waals surface area contributed by atoms with E-state index in [4.69, 9.17) is 0 Å². The average molecular weight is 344 g/mol. The largest absolute Gasteiger partial charge is 0.339 e. The third-order valence-electron chi connectivity index (χ3n) is 4.16. The number of nitrogens with zero attached hydrogens (tertiary/aromatic N) is 5. The van der Waals surface area contributed by atoms with Gasteiger partial charge in [0.1, 0.15) is 12.2 Å². The third kappa shape index (κ3) is 4.13. The fourth-order valence-electron chi connectivity index (χ4n) is 2.69. The van der Waals surface area contributed by atoms with Crippen LogP contribution in [0.4, 0.5) is 17.2 Å². The van der Waals surface area contributed by atoms with Crippen LogP contribution in [0.25, 0.3) is 0 Å². The minimum Gasteiger partial charge on any atom is -0.339 e. The number of nitro benzene ring substituents is 1. The molecule has 0 atom stereocenters. The fourth-order valence-corrected chi connectivity index (χ4v) is 2.69. The quantitative estimate of drug-likeness (QED) is 0.649. The molecule has 1 aliphatic rings. The number of piperazine rings is 1. The van der Waals surface area contributed by atoms with Crippen molar-refractivity contribution in [1.29, 1.82) is 0 Å². The number of aromatic nitrogens is 2. The van der Waals surface area contributed by atoms with E-state index in [9.17, 15) is 14.9 Å². The molecule has 0 saturated carbocycles. The number of hydrogen-bond donors (Lipinski definition) is 1. The van der Waals surface area contributed by atoms with Gasteiger partial charge in [0.2, 0.25) is 5.91 Å². The summed E-state index contributed by atoms with van der Waals surface area (Å²) in [4.78, 5) is 26.9. The molecule has 2 aromatic rings. The monoisotopic (exact) mass is 344 g/mol. The van der Waals surface area contributed by atoms with Crippen LogP contribution in [-0.2, 0) is 11.3 Å². The molecule has 1 aliphatic heterocycles. The van der Waals surface area contributed by atoms with Crippen molar-refractivity contribution in [1.82, 2.24) is 19.6 Å². The summed E-state index contributed by atoms with van der Waals surface area (Å²) >= 11 is 0. The number of carbonyl (C=O) groups is 1. The number of nitro groups is 1. The van der Waals surface area contributed by atoms with Crippen molar-refractivity contribution in [2.24, 2.45) is 0 Å². The van der Waals surface area contributed by atoms with Gasteiger partial charge < -0.3 is 15.1 Å². The van der Waals surface area contributed by atoms with E-state index in [1.54, 1.807) is 30.5 Å². The van der Waals surface area contributed by atoms with Gasteiger partial charge in [0.05, 0.1) is 4.92 Å². The second-order valence-electron chi connectivity index (χ2n) is 5.98. The van der Waals surface area contributed by atoms with Gasteiger partial charge in [0.25, 0.3) is 5.69 Å². The molecule has 1 N–H and O–H groups in total. The Bertz CT molecular complexity index is 767. The molecule has 1 fully saturated rings. The number of benzene rings is 1. The molecule has 0 bridgehead atoms. The Labute approximate surface area is 145 Å². The molecule has 1 aromatic heterocycles. The van der Waals surface area contributed by atoms with E-state index in [0.29, 0.717) is 11.5 Å². The summed E-state index contributed by atoms with van der Waals surface area (Å²) in [5.41, 5.74) is 0.341. The first-order valence-electron chi connectivity index (χ1n) is 8.03. The van der Waals surface area contributed by atoms with E-state index < -0.39 is 4.92 Å². The number of rotatable bonds is 5. The predicted molar refractivity (Wildman–Crippen MR) is 92.7 cm³/mol. The summed E-state index contributed by atoms with van der Waals surface area (Å²) < 4.78 is 1.54.